The van der Waals surface area contributed by atoms with E-state index in [0.29, 0.717) is 5.56 Å². The lowest BCUT2D eigenvalue weighted by Crippen LogP contribution is -1.99. The second kappa shape index (κ2) is 4.82. The minimum absolute atomic E-state index is 0.367. The van der Waals surface area contributed by atoms with Crippen molar-refractivity contribution in [3.63, 3.8) is 0 Å². The molecule has 0 heterocycles. The van der Waals surface area contributed by atoms with Gasteiger partial charge in [0.05, 0.1) is 5.56 Å². The van der Waals surface area contributed by atoms with Crippen molar-refractivity contribution in [2.24, 2.45) is 0 Å². The van der Waals surface area contributed by atoms with E-state index in [4.69, 9.17) is 0 Å². The predicted molar refractivity (Wildman–Crippen MR) is 95.4 cm³/mol. The first-order chi connectivity index (χ1) is 11.1. The van der Waals surface area contributed by atoms with E-state index < -0.39 is 5.97 Å². The Balaban J connectivity index is 2.38. The Kier molecular flexibility index (Phi) is 2.88. The Bertz CT molecular complexity index is 1110. The summed E-state index contributed by atoms with van der Waals surface area (Å²) < 4.78 is 0. The molecule has 0 saturated carbocycles. The molecule has 0 saturated heterocycles. The van der Waals surface area contributed by atoms with Crippen LogP contribution in [0.5, 0.6) is 0 Å². The molecule has 4 aromatic carbocycles. The Hall–Kier alpha value is -2.87. The molecule has 0 amide bonds. The molecule has 0 unspecified atom stereocenters. The largest absolute Gasteiger partial charge is 0.478 e. The zero-order valence-corrected chi connectivity index (χ0v) is 13.1. The maximum Gasteiger partial charge on any atom is 0.336 e. The van der Waals surface area contributed by atoms with Crippen molar-refractivity contribution < 1.29 is 9.90 Å². The van der Waals surface area contributed by atoms with Crippen molar-refractivity contribution in [2.45, 2.75) is 13.8 Å². The molecule has 0 bridgehead atoms. The number of aryl methyl sites for hydroxylation is 2. The van der Waals surface area contributed by atoms with Crippen molar-refractivity contribution in [1.29, 1.82) is 0 Å². The molecule has 0 aliphatic carbocycles. The quantitative estimate of drug-likeness (QED) is 0.374. The molecule has 112 valence electrons. The van der Waals surface area contributed by atoms with Gasteiger partial charge in [0.25, 0.3) is 0 Å². The van der Waals surface area contributed by atoms with Gasteiger partial charge < -0.3 is 5.11 Å². The highest BCUT2D eigenvalue weighted by Crippen LogP contribution is 2.37. The van der Waals surface area contributed by atoms with Gasteiger partial charge in [-0.15, -0.1) is 0 Å². The van der Waals surface area contributed by atoms with Crippen LogP contribution in [0.1, 0.15) is 21.5 Å². The van der Waals surface area contributed by atoms with E-state index in [1.165, 1.54) is 16.3 Å². The Morgan fingerprint density at radius 2 is 1.26 bits per heavy atom. The third-order valence-corrected chi connectivity index (χ3v) is 4.79. The number of hydrogen-bond donors (Lipinski definition) is 1. The molecule has 23 heavy (non-hydrogen) atoms. The molecule has 2 nitrogen and oxygen atoms in total. The average molecular weight is 300 g/mol. The van der Waals surface area contributed by atoms with Crippen LogP contribution in [-0.4, -0.2) is 11.1 Å². The van der Waals surface area contributed by atoms with Gasteiger partial charge in [0.1, 0.15) is 0 Å². The van der Waals surface area contributed by atoms with E-state index in [-0.39, 0.29) is 0 Å². The minimum Gasteiger partial charge on any atom is -0.478 e. The number of aromatic carboxylic acids is 1. The van der Waals surface area contributed by atoms with Crippen LogP contribution in [0.4, 0.5) is 0 Å². The van der Waals surface area contributed by atoms with Crippen molar-refractivity contribution in [3.05, 3.63) is 71.3 Å². The fraction of sp³-hybridized carbons (Fsp3) is 0.0952. The number of fused-ring (bicyclic) bond motifs is 4. The van der Waals surface area contributed by atoms with Gasteiger partial charge in [0.2, 0.25) is 0 Å². The van der Waals surface area contributed by atoms with Crippen LogP contribution in [0, 0.1) is 13.8 Å². The van der Waals surface area contributed by atoms with E-state index in [2.05, 4.69) is 32.0 Å². The first kappa shape index (κ1) is 13.8. The fourth-order valence-corrected chi connectivity index (χ4v) is 3.67. The molecular formula is C21H16O2. The summed E-state index contributed by atoms with van der Waals surface area (Å²) in [6.45, 7) is 4.20. The molecule has 2 heteroatoms. The normalized spacial score (nSPS) is 11.4. The zero-order chi connectivity index (χ0) is 16.1. The van der Waals surface area contributed by atoms with E-state index in [0.717, 1.165) is 27.1 Å². The molecule has 0 atom stereocenters. The first-order valence-corrected chi connectivity index (χ1v) is 7.66. The highest BCUT2D eigenvalue weighted by molar-refractivity contribution is 6.21. The van der Waals surface area contributed by atoms with Crippen LogP contribution in [0.25, 0.3) is 32.3 Å². The van der Waals surface area contributed by atoms with Crippen molar-refractivity contribution in [2.75, 3.05) is 0 Å². The summed E-state index contributed by atoms with van der Waals surface area (Å²) in [5.41, 5.74) is 2.70. The molecule has 1 N–H and O–H groups in total. The van der Waals surface area contributed by atoms with Crippen molar-refractivity contribution in [3.8, 4) is 0 Å². The molecule has 0 aromatic heterocycles. The number of carbonyl (C=O) groups is 1. The monoisotopic (exact) mass is 300 g/mol. The molecule has 4 aromatic rings. The summed E-state index contributed by atoms with van der Waals surface area (Å²) in [5, 5.41) is 16.0. The number of rotatable bonds is 1. The van der Waals surface area contributed by atoms with E-state index in [1.807, 2.05) is 36.4 Å². The molecule has 0 fully saturated rings. The highest BCUT2D eigenvalue weighted by Gasteiger charge is 2.16. The fourth-order valence-electron chi connectivity index (χ4n) is 3.67. The maximum absolute atomic E-state index is 11.7. The molecule has 0 aliphatic heterocycles. The van der Waals surface area contributed by atoms with Gasteiger partial charge in [-0.1, -0.05) is 48.5 Å². The number of hydrogen-bond acceptors (Lipinski definition) is 1. The third-order valence-electron chi connectivity index (χ3n) is 4.79. The van der Waals surface area contributed by atoms with Crippen LogP contribution >= 0.6 is 0 Å². The summed E-state index contributed by atoms with van der Waals surface area (Å²) in [6.07, 6.45) is 0. The summed E-state index contributed by atoms with van der Waals surface area (Å²) >= 11 is 0. The molecular weight excluding hydrogens is 284 g/mol. The Morgan fingerprint density at radius 3 is 1.87 bits per heavy atom. The average Bonchev–Trinajstić information content (AvgIpc) is 2.58. The van der Waals surface area contributed by atoms with Gasteiger partial charge >= 0.3 is 5.97 Å². The minimum atomic E-state index is -0.881. The van der Waals surface area contributed by atoms with E-state index in [1.54, 1.807) is 0 Å². The molecule has 4 rings (SSSR count). The van der Waals surface area contributed by atoms with Gasteiger partial charge in [-0.25, -0.2) is 4.79 Å². The van der Waals surface area contributed by atoms with Crippen molar-refractivity contribution >= 4 is 38.3 Å². The predicted octanol–water partition coefficient (Wildman–Crippen LogP) is 5.46. The van der Waals surface area contributed by atoms with Crippen LogP contribution < -0.4 is 0 Å². The summed E-state index contributed by atoms with van der Waals surface area (Å²) in [6, 6.07) is 17.9. The van der Waals surface area contributed by atoms with E-state index >= 15 is 0 Å². The standard InChI is InChI=1S/C21H16O2/c1-12-14-7-3-4-8-15(14)13(2)20-17-10-6-5-9-16(17)19(21(22)23)11-18(12)20/h3-11H,1-2H3,(H,22,23). The van der Waals surface area contributed by atoms with Crippen LogP contribution in [0.3, 0.4) is 0 Å². The lowest BCUT2D eigenvalue weighted by molar-refractivity contribution is 0.0699. The second-order valence-corrected chi connectivity index (χ2v) is 5.99. The van der Waals surface area contributed by atoms with Gasteiger partial charge in [-0.05, 0) is 63.4 Å². The lowest BCUT2D eigenvalue weighted by Gasteiger charge is -2.15. The van der Waals surface area contributed by atoms with Gasteiger partial charge in [-0.2, -0.15) is 0 Å². The third kappa shape index (κ3) is 1.85. The Labute approximate surface area is 134 Å². The van der Waals surface area contributed by atoms with Gasteiger partial charge in [0.15, 0.2) is 0 Å². The summed E-state index contributed by atoms with van der Waals surface area (Å²) in [5.74, 6) is -0.881. The molecule has 0 aliphatic rings. The summed E-state index contributed by atoms with van der Waals surface area (Å²) in [7, 11) is 0. The van der Waals surface area contributed by atoms with Crippen molar-refractivity contribution in [1.82, 2.24) is 0 Å². The molecule has 0 radical (unpaired) electrons. The molecule has 0 spiro atoms. The zero-order valence-electron chi connectivity index (χ0n) is 13.1. The number of carboxylic acid groups (broad SMARTS) is 1. The smallest absolute Gasteiger partial charge is 0.336 e. The highest BCUT2D eigenvalue weighted by atomic mass is 16.4. The van der Waals surface area contributed by atoms with E-state index in [9.17, 15) is 9.90 Å². The SMILES string of the molecule is Cc1c2ccccc2c(C)c2c1cc(C(=O)O)c1ccccc12. The first-order valence-electron chi connectivity index (χ1n) is 7.66. The summed E-state index contributed by atoms with van der Waals surface area (Å²) in [4.78, 5) is 11.7. The van der Waals surface area contributed by atoms with Crippen LogP contribution in [0.2, 0.25) is 0 Å². The number of carboxylic acids is 1. The van der Waals surface area contributed by atoms with Crippen LogP contribution in [-0.2, 0) is 0 Å². The van der Waals surface area contributed by atoms with Gasteiger partial charge in [0, 0.05) is 0 Å². The van der Waals surface area contributed by atoms with Crippen LogP contribution in [0.15, 0.2) is 54.6 Å². The maximum atomic E-state index is 11.7. The topological polar surface area (TPSA) is 37.3 Å². The van der Waals surface area contributed by atoms with Gasteiger partial charge in [-0.3, -0.25) is 0 Å². The number of benzene rings is 4. The Morgan fingerprint density at radius 1 is 0.739 bits per heavy atom. The second-order valence-electron chi connectivity index (χ2n) is 5.99. The lowest BCUT2D eigenvalue weighted by atomic mass is 9.88.